The number of benzene rings is 6. The molecule has 0 saturated heterocycles. The number of ether oxygens (including phenoxy) is 2. The molecule has 202 valence electrons. The topological polar surface area (TPSA) is 18.5 Å². The Kier molecular flexibility index (Phi) is 7.86. The van der Waals surface area contributed by atoms with Gasteiger partial charge in [0, 0.05) is 21.5 Å². The van der Waals surface area contributed by atoms with Gasteiger partial charge >= 0.3 is 0 Å². The summed E-state index contributed by atoms with van der Waals surface area (Å²) in [7, 11) is 0. The van der Waals surface area contributed by atoms with Crippen molar-refractivity contribution in [2.75, 3.05) is 13.2 Å². The normalized spacial score (nSPS) is 11.6. The summed E-state index contributed by atoms with van der Waals surface area (Å²) in [5.41, 5.74) is 2.52. The van der Waals surface area contributed by atoms with Gasteiger partial charge in [0.1, 0.15) is 11.5 Å². The summed E-state index contributed by atoms with van der Waals surface area (Å²) >= 11 is 0. The van der Waals surface area contributed by atoms with Gasteiger partial charge in [0.15, 0.2) is 0 Å². The maximum Gasteiger partial charge on any atom is 0.134 e. The second-order valence-corrected chi connectivity index (χ2v) is 10.7. The summed E-state index contributed by atoms with van der Waals surface area (Å²) in [6, 6.07) is 35.0. The predicted octanol–water partition coefficient (Wildman–Crippen LogP) is 11.1. The van der Waals surface area contributed by atoms with Crippen molar-refractivity contribution in [1.29, 1.82) is 0 Å². The molecule has 0 aliphatic rings. The van der Waals surface area contributed by atoms with E-state index in [9.17, 15) is 0 Å². The molecule has 0 atom stereocenters. The summed E-state index contributed by atoms with van der Waals surface area (Å²) in [6.45, 7) is 5.93. The van der Waals surface area contributed by atoms with E-state index in [0.717, 1.165) is 37.6 Å². The van der Waals surface area contributed by atoms with Crippen LogP contribution in [-0.2, 0) is 0 Å². The Morgan fingerprint density at radius 2 is 0.650 bits per heavy atom. The lowest BCUT2D eigenvalue weighted by Gasteiger charge is -2.22. The Bertz CT molecular complexity index is 1540. The van der Waals surface area contributed by atoms with Crippen LogP contribution in [0.4, 0.5) is 0 Å². The highest BCUT2D eigenvalue weighted by Crippen LogP contribution is 2.49. The molecule has 6 aromatic rings. The number of fused-ring (bicyclic) bond motifs is 4. The number of hydrogen-bond donors (Lipinski definition) is 0. The highest BCUT2D eigenvalue weighted by Gasteiger charge is 2.22. The third-order valence-corrected chi connectivity index (χ3v) is 8.00. The summed E-state index contributed by atoms with van der Waals surface area (Å²) in [6.07, 6.45) is 6.86. The van der Waals surface area contributed by atoms with E-state index in [2.05, 4.69) is 111 Å². The number of rotatable bonds is 11. The van der Waals surface area contributed by atoms with Crippen LogP contribution in [0.1, 0.15) is 52.4 Å². The molecule has 2 nitrogen and oxygen atoms in total. The van der Waals surface area contributed by atoms with Gasteiger partial charge in [-0.15, -0.1) is 0 Å². The van der Waals surface area contributed by atoms with Crippen LogP contribution in [0.15, 0.2) is 97.1 Å². The average molecular weight is 527 g/mol. The van der Waals surface area contributed by atoms with Crippen molar-refractivity contribution in [1.82, 2.24) is 0 Å². The first-order valence-electron chi connectivity index (χ1n) is 15.0. The van der Waals surface area contributed by atoms with Crippen LogP contribution in [-0.4, -0.2) is 13.2 Å². The van der Waals surface area contributed by atoms with E-state index in [4.69, 9.17) is 9.47 Å². The average Bonchev–Trinajstić information content (AvgIpc) is 3.01. The van der Waals surface area contributed by atoms with E-state index in [-0.39, 0.29) is 0 Å². The van der Waals surface area contributed by atoms with E-state index in [0.29, 0.717) is 0 Å². The maximum absolute atomic E-state index is 6.56. The first kappa shape index (κ1) is 26.2. The fourth-order valence-electron chi connectivity index (χ4n) is 6.08. The zero-order valence-corrected chi connectivity index (χ0v) is 23.7. The van der Waals surface area contributed by atoms with Gasteiger partial charge in [-0.2, -0.15) is 0 Å². The van der Waals surface area contributed by atoms with Crippen LogP contribution in [0, 0.1) is 0 Å². The van der Waals surface area contributed by atoms with Gasteiger partial charge in [-0.25, -0.2) is 0 Å². The quantitative estimate of drug-likeness (QED) is 0.123. The molecule has 6 aromatic carbocycles. The zero-order valence-electron chi connectivity index (χ0n) is 23.7. The van der Waals surface area contributed by atoms with Gasteiger partial charge in [0.25, 0.3) is 0 Å². The fraction of sp³-hybridized carbons (Fsp3) is 0.263. The number of unbranched alkanes of at least 4 members (excludes halogenated alkanes) is 4. The van der Waals surface area contributed by atoms with Gasteiger partial charge in [0.05, 0.1) is 13.2 Å². The SMILES string of the molecule is CCCCCOc1c2ccccc2c(-c2c3ccccc3c(OCCCCC)c3ccccc23)c2ccccc12. The minimum absolute atomic E-state index is 0.733. The van der Waals surface area contributed by atoms with Gasteiger partial charge in [-0.05, 0) is 45.5 Å². The van der Waals surface area contributed by atoms with Crippen molar-refractivity contribution in [3.63, 3.8) is 0 Å². The van der Waals surface area contributed by atoms with E-state index >= 15 is 0 Å². The van der Waals surface area contributed by atoms with Crippen molar-refractivity contribution in [2.45, 2.75) is 52.4 Å². The van der Waals surface area contributed by atoms with Gasteiger partial charge < -0.3 is 9.47 Å². The molecule has 0 spiro atoms. The second-order valence-electron chi connectivity index (χ2n) is 10.7. The third kappa shape index (κ3) is 4.77. The lowest BCUT2D eigenvalue weighted by Crippen LogP contribution is -2.01. The molecule has 0 unspecified atom stereocenters. The Labute approximate surface area is 237 Å². The highest BCUT2D eigenvalue weighted by atomic mass is 16.5. The molecule has 0 bridgehead atoms. The van der Waals surface area contributed by atoms with Crippen LogP contribution < -0.4 is 9.47 Å². The van der Waals surface area contributed by atoms with E-state index in [1.54, 1.807) is 0 Å². The number of hydrogen-bond acceptors (Lipinski definition) is 2. The largest absolute Gasteiger partial charge is 0.492 e. The highest BCUT2D eigenvalue weighted by molar-refractivity contribution is 6.26. The van der Waals surface area contributed by atoms with Crippen LogP contribution in [0.3, 0.4) is 0 Å². The molecular formula is C38H38O2. The molecule has 0 aromatic heterocycles. The van der Waals surface area contributed by atoms with Crippen molar-refractivity contribution in [2.24, 2.45) is 0 Å². The molecule has 0 heterocycles. The van der Waals surface area contributed by atoms with E-state index in [1.807, 2.05) is 0 Å². The fourth-order valence-corrected chi connectivity index (χ4v) is 6.08. The third-order valence-electron chi connectivity index (χ3n) is 8.00. The molecule has 40 heavy (non-hydrogen) atoms. The molecular weight excluding hydrogens is 488 g/mol. The van der Waals surface area contributed by atoms with Crippen LogP contribution >= 0.6 is 0 Å². The van der Waals surface area contributed by atoms with E-state index in [1.165, 1.54) is 79.9 Å². The molecule has 0 amide bonds. The minimum Gasteiger partial charge on any atom is -0.492 e. The molecule has 2 heteroatoms. The summed E-state index contributed by atoms with van der Waals surface area (Å²) in [5.74, 6) is 1.99. The molecule has 0 aliphatic heterocycles. The monoisotopic (exact) mass is 526 g/mol. The van der Waals surface area contributed by atoms with Crippen molar-refractivity contribution < 1.29 is 9.47 Å². The van der Waals surface area contributed by atoms with Crippen molar-refractivity contribution in [3.8, 4) is 22.6 Å². The van der Waals surface area contributed by atoms with Crippen LogP contribution in [0.5, 0.6) is 11.5 Å². The standard InChI is InChI=1S/C38H38O2/c1-3-5-15-25-39-37-31-21-11-7-17-27(31)35(28-18-8-12-22-32(28)37)36-29-19-9-13-23-33(29)38(40-26-16-6-4-2)34-24-14-10-20-30(34)36/h7-14,17-24H,3-6,15-16,25-26H2,1-2H3. The molecule has 6 rings (SSSR count). The lowest BCUT2D eigenvalue weighted by atomic mass is 9.85. The maximum atomic E-state index is 6.56. The van der Waals surface area contributed by atoms with Gasteiger partial charge in [0.2, 0.25) is 0 Å². The van der Waals surface area contributed by atoms with Gasteiger partial charge in [-0.1, -0.05) is 137 Å². The first-order valence-corrected chi connectivity index (χ1v) is 15.0. The Hall–Kier alpha value is -4.04. The first-order chi connectivity index (χ1) is 19.8. The molecule has 0 N–H and O–H groups in total. The van der Waals surface area contributed by atoms with Crippen LogP contribution in [0.25, 0.3) is 54.2 Å². The molecule has 0 radical (unpaired) electrons. The zero-order chi connectivity index (χ0) is 27.3. The smallest absolute Gasteiger partial charge is 0.134 e. The lowest BCUT2D eigenvalue weighted by molar-refractivity contribution is 0.313. The second kappa shape index (κ2) is 12.0. The van der Waals surface area contributed by atoms with Crippen molar-refractivity contribution >= 4 is 43.1 Å². The summed E-state index contributed by atoms with van der Waals surface area (Å²) < 4.78 is 13.1. The Morgan fingerprint density at radius 3 is 0.925 bits per heavy atom. The van der Waals surface area contributed by atoms with Crippen LogP contribution in [0.2, 0.25) is 0 Å². The Balaban J connectivity index is 1.67. The molecule has 0 saturated carbocycles. The summed E-state index contributed by atoms with van der Waals surface area (Å²) in [4.78, 5) is 0. The van der Waals surface area contributed by atoms with E-state index < -0.39 is 0 Å². The van der Waals surface area contributed by atoms with Crippen molar-refractivity contribution in [3.05, 3.63) is 97.1 Å². The van der Waals surface area contributed by atoms with Gasteiger partial charge in [-0.3, -0.25) is 0 Å². The minimum atomic E-state index is 0.733. The predicted molar refractivity (Wildman–Crippen MR) is 172 cm³/mol. The molecule has 0 fully saturated rings. The molecule has 0 aliphatic carbocycles. The Morgan fingerprint density at radius 1 is 0.375 bits per heavy atom. The summed E-state index contributed by atoms with van der Waals surface area (Å²) in [5, 5.41) is 9.55.